The van der Waals surface area contributed by atoms with Crippen LogP contribution in [0.5, 0.6) is 0 Å². The number of aliphatic hydroxyl groups is 1. The van der Waals surface area contributed by atoms with Gasteiger partial charge in [-0.2, -0.15) is 0 Å². The van der Waals surface area contributed by atoms with Gasteiger partial charge in [0, 0.05) is 45.0 Å². The van der Waals surface area contributed by atoms with Gasteiger partial charge in [-0.05, 0) is 42.7 Å². The molecule has 0 unspecified atom stereocenters. The van der Waals surface area contributed by atoms with E-state index in [1.807, 2.05) is 57.5 Å². The van der Waals surface area contributed by atoms with Crippen molar-refractivity contribution >= 4 is 47.4 Å². The zero-order valence-corrected chi connectivity index (χ0v) is 31.6. The largest absolute Gasteiger partial charge is 0.391 e. The molecule has 0 bridgehead atoms. The monoisotopic (exact) mass is 736 g/mol. The van der Waals surface area contributed by atoms with Gasteiger partial charge in [-0.3, -0.25) is 19.2 Å². The van der Waals surface area contributed by atoms with Crippen molar-refractivity contribution in [1.29, 1.82) is 0 Å². The van der Waals surface area contributed by atoms with E-state index in [4.69, 9.17) is 16.2 Å². The summed E-state index contributed by atoms with van der Waals surface area (Å²) in [5, 5.41) is 16.3. The molecule has 0 saturated carbocycles. The average Bonchev–Trinajstić information content (AvgIpc) is 3.66. The summed E-state index contributed by atoms with van der Waals surface area (Å²) in [6, 6.07) is 6.06. The van der Waals surface area contributed by atoms with Gasteiger partial charge in [0.05, 0.1) is 28.8 Å². The fourth-order valence-electron chi connectivity index (χ4n) is 5.86. The number of rotatable bonds is 20. The lowest BCUT2D eigenvalue weighted by Crippen LogP contribution is -2.57. The van der Waals surface area contributed by atoms with Crippen molar-refractivity contribution in [3.63, 3.8) is 0 Å². The molecule has 1 saturated heterocycles. The fraction of sp³-hybridized carbons (Fsp3) is 0.639. The number of primary amides is 1. The number of amides is 4. The Morgan fingerprint density at radius 2 is 1.72 bits per heavy atom. The molecule has 2 heterocycles. The molecular formula is C36H57ClN6O6S. The minimum Gasteiger partial charge on any atom is -0.391 e. The summed E-state index contributed by atoms with van der Waals surface area (Å²) in [4.78, 5) is 57.8. The number of unbranched alkanes of at least 4 members (excludes halogenated alkanes) is 5. The molecule has 7 N–H and O–H groups in total. The van der Waals surface area contributed by atoms with Crippen LogP contribution in [0.3, 0.4) is 0 Å². The molecule has 50 heavy (non-hydrogen) atoms. The van der Waals surface area contributed by atoms with Gasteiger partial charge < -0.3 is 36.8 Å². The smallest absolute Gasteiger partial charge is 0.246 e. The first-order valence-electron chi connectivity index (χ1n) is 17.4. The predicted octanol–water partition coefficient (Wildman–Crippen LogP) is 3.99. The third kappa shape index (κ3) is 14.3. The maximum Gasteiger partial charge on any atom is 0.246 e. The highest BCUT2D eigenvalue weighted by Crippen LogP contribution is 2.28. The number of aliphatic hydroxyl groups excluding tert-OH is 1. The van der Waals surface area contributed by atoms with Crippen LogP contribution in [0.4, 0.5) is 0 Å². The second-order valence-corrected chi connectivity index (χ2v) is 15.0. The number of carbonyl (C=O) groups excluding carboxylic acids is 4. The SMILES string of the molecule is Cc1ncsc1-c1ccc(CNC(=O)[C@@H]2C[C@@H](O)CN2C(=O)[C@@H](NC(=O)CCCCCCCCOC[C@@H](N)CCC(N)=O)C(C)(C)C)cc1.Cl. The van der Waals surface area contributed by atoms with Gasteiger partial charge in [0.15, 0.2) is 0 Å². The van der Waals surface area contributed by atoms with Crippen molar-refractivity contribution in [2.24, 2.45) is 16.9 Å². The van der Waals surface area contributed by atoms with Gasteiger partial charge in [0.1, 0.15) is 12.1 Å². The van der Waals surface area contributed by atoms with Crippen LogP contribution in [0.25, 0.3) is 10.4 Å². The molecule has 14 heteroatoms. The van der Waals surface area contributed by atoms with Crippen LogP contribution in [0.1, 0.15) is 96.2 Å². The van der Waals surface area contributed by atoms with Crippen LogP contribution in [-0.2, 0) is 30.5 Å². The first kappa shape index (κ1) is 43.1. The number of β-amino-alcohol motifs (C(OH)–C–C–N with tert-alkyl or cyclic N) is 1. The Bertz CT molecular complexity index is 1370. The number of aromatic nitrogens is 1. The molecule has 1 aromatic heterocycles. The minimum absolute atomic E-state index is 0. The van der Waals surface area contributed by atoms with E-state index in [1.54, 1.807) is 11.3 Å². The van der Waals surface area contributed by atoms with Gasteiger partial charge in [-0.15, -0.1) is 23.7 Å². The highest BCUT2D eigenvalue weighted by atomic mass is 35.5. The minimum atomic E-state index is -0.841. The first-order valence-corrected chi connectivity index (χ1v) is 18.3. The summed E-state index contributed by atoms with van der Waals surface area (Å²) in [5.74, 6) is -1.25. The zero-order valence-electron chi connectivity index (χ0n) is 29.9. The van der Waals surface area contributed by atoms with E-state index in [0.717, 1.165) is 53.8 Å². The number of carbonyl (C=O) groups is 4. The van der Waals surface area contributed by atoms with E-state index in [0.29, 0.717) is 32.5 Å². The number of aryl methyl sites for hydroxylation is 1. The number of thiazole rings is 1. The lowest BCUT2D eigenvalue weighted by Gasteiger charge is -2.35. The van der Waals surface area contributed by atoms with Crippen molar-refractivity contribution in [1.82, 2.24) is 20.5 Å². The Labute approximate surface area is 306 Å². The van der Waals surface area contributed by atoms with Crippen LogP contribution < -0.4 is 22.1 Å². The lowest BCUT2D eigenvalue weighted by atomic mass is 9.85. The molecule has 12 nitrogen and oxygen atoms in total. The first-order chi connectivity index (χ1) is 23.3. The van der Waals surface area contributed by atoms with Gasteiger partial charge >= 0.3 is 0 Å². The van der Waals surface area contributed by atoms with Gasteiger partial charge in [0.2, 0.25) is 23.6 Å². The zero-order chi connectivity index (χ0) is 36.0. The quantitative estimate of drug-likeness (QED) is 0.126. The van der Waals surface area contributed by atoms with Gasteiger partial charge in [-0.1, -0.05) is 70.7 Å². The highest BCUT2D eigenvalue weighted by molar-refractivity contribution is 7.13. The number of nitrogens with two attached hydrogens (primary N) is 2. The number of benzene rings is 1. The predicted molar refractivity (Wildman–Crippen MR) is 198 cm³/mol. The molecule has 1 fully saturated rings. The lowest BCUT2D eigenvalue weighted by molar-refractivity contribution is -0.144. The van der Waals surface area contributed by atoms with Crippen molar-refractivity contribution in [3.8, 4) is 10.4 Å². The topological polar surface area (TPSA) is 190 Å². The number of halogens is 1. The maximum absolute atomic E-state index is 13.8. The molecule has 4 atom stereocenters. The third-order valence-electron chi connectivity index (χ3n) is 8.75. The van der Waals surface area contributed by atoms with Crippen molar-refractivity contribution in [3.05, 3.63) is 41.0 Å². The van der Waals surface area contributed by atoms with E-state index in [2.05, 4.69) is 15.6 Å². The number of nitrogens with zero attached hydrogens (tertiary/aromatic N) is 2. The molecule has 0 aliphatic carbocycles. The van der Waals surface area contributed by atoms with Crippen LogP contribution in [0.15, 0.2) is 29.8 Å². The molecule has 2 aromatic rings. The standard InChI is InChI=1S/C36H56N6O6S.ClH/c1-24-32(49-23-40-24)26-14-12-25(13-15-26)20-39-34(46)29-19-28(43)21-42(29)35(47)33(36(2,3)4)41-31(45)11-9-7-5-6-8-10-18-48-22-27(37)16-17-30(38)44;/h12-15,23,27-29,33,43H,5-11,16-22,37H2,1-4H3,(H2,38,44)(H,39,46)(H,41,45);1H/t27-,28+,29-,33+;/m0./s1. The van der Waals surface area contributed by atoms with Crippen LogP contribution in [0.2, 0.25) is 0 Å². The van der Waals surface area contributed by atoms with Crippen molar-refractivity contribution in [2.75, 3.05) is 19.8 Å². The Balaban J connectivity index is 0.00000867. The Kier molecular flexibility index (Phi) is 18.4. The summed E-state index contributed by atoms with van der Waals surface area (Å²) in [6.45, 7) is 8.98. The molecular weight excluding hydrogens is 680 g/mol. The van der Waals surface area contributed by atoms with E-state index >= 15 is 0 Å². The summed E-state index contributed by atoms with van der Waals surface area (Å²) < 4.78 is 5.58. The third-order valence-corrected chi connectivity index (χ3v) is 9.73. The van der Waals surface area contributed by atoms with Crippen molar-refractivity contribution in [2.45, 2.75) is 123 Å². The van der Waals surface area contributed by atoms with Crippen LogP contribution >= 0.6 is 23.7 Å². The fourth-order valence-corrected chi connectivity index (χ4v) is 6.67. The Hall–Kier alpha value is -3.10. The molecule has 4 amide bonds. The van der Waals surface area contributed by atoms with E-state index < -0.39 is 23.6 Å². The Morgan fingerprint density at radius 3 is 2.34 bits per heavy atom. The molecule has 1 aliphatic heterocycles. The summed E-state index contributed by atoms with van der Waals surface area (Å²) in [5.41, 5.74) is 15.2. The van der Waals surface area contributed by atoms with Gasteiger partial charge in [-0.25, -0.2) is 4.98 Å². The van der Waals surface area contributed by atoms with E-state index in [-0.39, 0.29) is 68.0 Å². The van der Waals surface area contributed by atoms with Crippen LogP contribution in [0, 0.1) is 12.3 Å². The summed E-state index contributed by atoms with van der Waals surface area (Å²) in [6.07, 6.45) is 5.98. The van der Waals surface area contributed by atoms with E-state index in [1.165, 1.54) is 4.90 Å². The average molecular weight is 737 g/mol. The number of likely N-dealkylation sites (tertiary alicyclic amines) is 1. The second kappa shape index (κ2) is 21.3. The van der Waals surface area contributed by atoms with Gasteiger partial charge in [0.25, 0.3) is 0 Å². The number of hydrogen-bond donors (Lipinski definition) is 5. The van der Waals surface area contributed by atoms with E-state index in [9.17, 15) is 24.3 Å². The molecule has 1 aliphatic rings. The Morgan fingerprint density at radius 1 is 1.06 bits per heavy atom. The maximum atomic E-state index is 13.8. The summed E-state index contributed by atoms with van der Waals surface area (Å²) in [7, 11) is 0. The number of nitrogens with one attached hydrogen (secondary N) is 2. The van der Waals surface area contributed by atoms with Crippen LogP contribution in [-0.4, -0.2) is 82.6 Å². The molecule has 0 spiro atoms. The highest BCUT2D eigenvalue weighted by Gasteiger charge is 2.44. The molecule has 280 valence electrons. The normalized spacial score (nSPS) is 17.1. The number of ether oxygens (including phenoxy) is 1. The number of hydrogen-bond acceptors (Lipinski definition) is 9. The summed E-state index contributed by atoms with van der Waals surface area (Å²) >= 11 is 1.58. The van der Waals surface area contributed by atoms with Crippen molar-refractivity contribution < 1.29 is 29.0 Å². The molecule has 0 radical (unpaired) electrons. The second-order valence-electron chi connectivity index (χ2n) is 14.2. The molecule has 3 rings (SSSR count). The molecule has 1 aromatic carbocycles.